The monoisotopic (exact) mass is 309 g/mol. The van der Waals surface area contributed by atoms with Gasteiger partial charge in [-0.2, -0.15) is 0 Å². The van der Waals surface area contributed by atoms with Gasteiger partial charge in [0.25, 0.3) is 0 Å². The lowest BCUT2D eigenvalue weighted by atomic mass is 10.1. The van der Waals surface area contributed by atoms with Gasteiger partial charge in [0.15, 0.2) is 0 Å². The van der Waals surface area contributed by atoms with Gasteiger partial charge in [0.2, 0.25) is 10.0 Å². The maximum atomic E-state index is 12.4. The molecule has 0 radical (unpaired) electrons. The first-order valence-corrected chi connectivity index (χ1v) is 8.09. The number of benzene rings is 1. The number of aromatic nitrogens is 3. The van der Waals surface area contributed by atoms with E-state index in [4.69, 9.17) is 0 Å². The molecule has 0 bridgehead atoms. The smallest absolute Gasteiger partial charge is 0.240 e. The van der Waals surface area contributed by atoms with Crippen molar-refractivity contribution in [2.75, 3.05) is 13.6 Å². The zero-order valence-electron chi connectivity index (χ0n) is 12.1. The highest BCUT2D eigenvalue weighted by Crippen LogP contribution is 2.16. The Hall–Kier alpha value is -1.77. The van der Waals surface area contributed by atoms with Gasteiger partial charge in [-0.3, -0.25) is 4.68 Å². The Balaban J connectivity index is 2.09. The number of hydrogen-bond donors (Lipinski definition) is 2. The normalized spacial score (nSPS) is 11.7. The van der Waals surface area contributed by atoms with Crippen molar-refractivity contribution in [1.29, 1.82) is 0 Å². The fraction of sp³-hybridized carbons (Fsp3) is 0.385. The van der Waals surface area contributed by atoms with E-state index in [1.54, 1.807) is 30.1 Å². The predicted octanol–water partition coefficient (Wildman–Crippen LogP) is 0.284. The summed E-state index contributed by atoms with van der Waals surface area (Å²) < 4.78 is 28.9. The van der Waals surface area contributed by atoms with Gasteiger partial charge in [-0.05, 0) is 31.2 Å². The average Bonchev–Trinajstić information content (AvgIpc) is 2.94. The Kier molecular flexibility index (Phi) is 5.05. The zero-order valence-corrected chi connectivity index (χ0v) is 12.9. The molecule has 0 aliphatic rings. The first-order chi connectivity index (χ1) is 10.0. The number of nitrogens with zero attached hydrogens (tertiary/aromatic N) is 3. The maximum absolute atomic E-state index is 12.4. The van der Waals surface area contributed by atoms with Crippen LogP contribution in [0.3, 0.4) is 0 Å². The van der Waals surface area contributed by atoms with Gasteiger partial charge in [0.1, 0.15) is 0 Å². The Bertz CT molecular complexity index is 683. The van der Waals surface area contributed by atoms with E-state index in [0.717, 1.165) is 11.1 Å². The van der Waals surface area contributed by atoms with Crippen molar-refractivity contribution in [3.05, 3.63) is 41.7 Å². The van der Waals surface area contributed by atoms with E-state index in [1.165, 1.54) is 0 Å². The third-order valence-electron chi connectivity index (χ3n) is 3.03. The summed E-state index contributed by atoms with van der Waals surface area (Å²) in [5.41, 5.74) is 1.66. The Labute approximate surface area is 124 Å². The predicted molar refractivity (Wildman–Crippen MR) is 79.2 cm³/mol. The third-order valence-corrected chi connectivity index (χ3v) is 4.63. The fourth-order valence-corrected chi connectivity index (χ4v) is 3.29. The molecule has 21 heavy (non-hydrogen) atoms. The molecule has 114 valence electrons. The molecular formula is C13H19N5O2S. The Morgan fingerprint density at radius 1 is 1.33 bits per heavy atom. The van der Waals surface area contributed by atoms with Crippen LogP contribution in [0, 0.1) is 6.92 Å². The van der Waals surface area contributed by atoms with Crippen LogP contribution in [0.2, 0.25) is 0 Å². The molecule has 0 aliphatic heterocycles. The summed E-state index contributed by atoms with van der Waals surface area (Å²) in [5, 5.41) is 10.5. The van der Waals surface area contributed by atoms with Gasteiger partial charge in [-0.1, -0.05) is 17.3 Å². The van der Waals surface area contributed by atoms with Crippen LogP contribution >= 0.6 is 0 Å². The lowest BCUT2D eigenvalue weighted by Gasteiger charge is -2.11. The molecule has 0 atom stereocenters. The summed E-state index contributed by atoms with van der Waals surface area (Å²) in [7, 11) is -1.70. The van der Waals surface area contributed by atoms with Crippen molar-refractivity contribution < 1.29 is 8.42 Å². The van der Waals surface area contributed by atoms with E-state index in [-0.39, 0.29) is 6.54 Å². The molecule has 2 rings (SSSR count). The second-order valence-electron chi connectivity index (χ2n) is 4.69. The molecule has 0 amide bonds. The topological polar surface area (TPSA) is 88.9 Å². The van der Waals surface area contributed by atoms with Crippen molar-refractivity contribution in [2.24, 2.45) is 0 Å². The molecule has 0 unspecified atom stereocenters. The summed E-state index contributed by atoms with van der Waals surface area (Å²) in [4.78, 5) is 0.314. The highest BCUT2D eigenvalue weighted by atomic mass is 32.2. The average molecular weight is 309 g/mol. The molecule has 8 heteroatoms. The summed E-state index contributed by atoms with van der Waals surface area (Å²) in [5.74, 6) is 0. The molecule has 0 saturated carbocycles. The molecule has 0 fully saturated rings. The quantitative estimate of drug-likeness (QED) is 0.767. The number of hydrogen-bond acceptors (Lipinski definition) is 5. The summed E-state index contributed by atoms with van der Waals surface area (Å²) in [6.07, 6.45) is 3.24. The standard InChI is InChI=1S/C13H19N5O2S/c1-11-3-4-12(10-14-2)9-13(11)21(19,20)16-6-8-18-7-5-15-17-18/h3-5,7,9,14,16H,6,8,10H2,1-2H3. The van der Waals surface area contributed by atoms with Gasteiger partial charge >= 0.3 is 0 Å². The second kappa shape index (κ2) is 6.79. The molecule has 1 aromatic carbocycles. The van der Waals surface area contributed by atoms with Crippen LogP contribution in [0.4, 0.5) is 0 Å². The highest BCUT2D eigenvalue weighted by Gasteiger charge is 2.16. The third kappa shape index (κ3) is 4.10. The minimum atomic E-state index is -3.52. The van der Waals surface area contributed by atoms with E-state index in [0.29, 0.717) is 18.0 Å². The largest absolute Gasteiger partial charge is 0.316 e. The van der Waals surface area contributed by atoms with Gasteiger partial charge in [-0.25, -0.2) is 13.1 Å². The molecule has 2 aromatic rings. The van der Waals surface area contributed by atoms with E-state index in [9.17, 15) is 8.42 Å². The minimum Gasteiger partial charge on any atom is -0.316 e. The van der Waals surface area contributed by atoms with E-state index >= 15 is 0 Å². The zero-order chi connectivity index (χ0) is 15.3. The lowest BCUT2D eigenvalue weighted by molar-refractivity contribution is 0.552. The maximum Gasteiger partial charge on any atom is 0.240 e. The lowest BCUT2D eigenvalue weighted by Crippen LogP contribution is -2.28. The van der Waals surface area contributed by atoms with Crippen molar-refractivity contribution in [2.45, 2.75) is 24.9 Å². The van der Waals surface area contributed by atoms with Crippen LogP contribution in [0.1, 0.15) is 11.1 Å². The Morgan fingerprint density at radius 2 is 2.14 bits per heavy atom. The molecule has 1 aromatic heterocycles. The second-order valence-corrected chi connectivity index (χ2v) is 6.43. The van der Waals surface area contributed by atoms with Crippen LogP contribution in [0.15, 0.2) is 35.5 Å². The van der Waals surface area contributed by atoms with Crippen LogP contribution < -0.4 is 10.0 Å². The summed E-state index contributed by atoms with van der Waals surface area (Å²) in [6.45, 7) is 3.12. The molecule has 0 aliphatic carbocycles. The molecule has 1 heterocycles. The molecule has 0 spiro atoms. The summed E-state index contributed by atoms with van der Waals surface area (Å²) >= 11 is 0. The van der Waals surface area contributed by atoms with Crippen LogP contribution in [-0.2, 0) is 23.1 Å². The first kappa shape index (κ1) is 15.6. The molecule has 2 N–H and O–H groups in total. The molecule has 7 nitrogen and oxygen atoms in total. The minimum absolute atomic E-state index is 0.265. The van der Waals surface area contributed by atoms with E-state index in [1.807, 2.05) is 19.2 Å². The van der Waals surface area contributed by atoms with Crippen LogP contribution in [-0.4, -0.2) is 37.0 Å². The summed E-state index contributed by atoms with van der Waals surface area (Å²) in [6, 6.07) is 5.43. The fourth-order valence-electron chi connectivity index (χ4n) is 1.97. The number of rotatable bonds is 7. The van der Waals surface area contributed by atoms with Gasteiger partial charge in [0.05, 0.1) is 17.6 Å². The molecular weight excluding hydrogens is 290 g/mol. The number of nitrogens with one attached hydrogen (secondary N) is 2. The van der Waals surface area contributed by atoms with Gasteiger partial charge in [-0.15, -0.1) is 5.10 Å². The van der Waals surface area contributed by atoms with Crippen molar-refractivity contribution >= 4 is 10.0 Å². The van der Waals surface area contributed by atoms with Crippen molar-refractivity contribution in [1.82, 2.24) is 25.0 Å². The first-order valence-electron chi connectivity index (χ1n) is 6.61. The van der Waals surface area contributed by atoms with E-state index in [2.05, 4.69) is 20.4 Å². The van der Waals surface area contributed by atoms with Crippen LogP contribution in [0.5, 0.6) is 0 Å². The number of aryl methyl sites for hydroxylation is 1. The SMILES string of the molecule is CNCc1ccc(C)c(S(=O)(=O)NCCn2ccnn2)c1. The van der Waals surface area contributed by atoms with Crippen LogP contribution in [0.25, 0.3) is 0 Å². The van der Waals surface area contributed by atoms with Gasteiger partial charge < -0.3 is 5.32 Å². The van der Waals surface area contributed by atoms with E-state index < -0.39 is 10.0 Å². The molecule has 0 saturated heterocycles. The van der Waals surface area contributed by atoms with Gasteiger partial charge in [0, 0.05) is 19.3 Å². The van der Waals surface area contributed by atoms with Crippen molar-refractivity contribution in [3.8, 4) is 0 Å². The van der Waals surface area contributed by atoms with Crippen molar-refractivity contribution in [3.63, 3.8) is 0 Å². The number of sulfonamides is 1. The highest BCUT2D eigenvalue weighted by molar-refractivity contribution is 7.89. The Morgan fingerprint density at radius 3 is 2.81 bits per heavy atom.